The SMILES string of the molecule is COc1ccc(CNCc2cccc(CCl)c2)cc1OC. The van der Waals surface area contributed by atoms with Gasteiger partial charge in [-0.2, -0.15) is 0 Å². The van der Waals surface area contributed by atoms with Crippen LogP contribution in [0.1, 0.15) is 16.7 Å². The van der Waals surface area contributed by atoms with Gasteiger partial charge in [-0.15, -0.1) is 11.6 Å². The summed E-state index contributed by atoms with van der Waals surface area (Å²) in [5.41, 5.74) is 3.52. The van der Waals surface area contributed by atoms with Crippen LogP contribution in [0.3, 0.4) is 0 Å². The number of hydrogen-bond acceptors (Lipinski definition) is 3. The van der Waals surface area contributed by atoms with E-state index >= 15 is 0 Å². The Labute approximate surface area is 130 Å². The molecule has 0 fully saturated rings. The van der Waals surface area contributed by atoms with Gasteiger partial charge in [0.2, 0.25) is 0 Å². The van der Waals surface area contributed by atoms with Crippen molar-refractivity contribution in [3.8, 4) is 11.5 Å². The lowest BCUT2D eigenvalue weighted by atomic mass is 10.1. The standard InChI is InChI=1S/C17H20ClNO2/c1-20-16-7-6-15(9-17(16)21-2)12-19-11-14-5-3-4-13(8-14)10-18/h3-9,19H,10-12H2,1-2H3. The lowest BCUT2D eigenvalue weighted by Crippen LogP contribution is -2.12. The Kier molecular flexibility index (Phi) is 5.90. The molecule has 2 aromatic rings. The molecule has 0 bridgehead atoms. The molecule has 4 heteroatoms. The van der Waals surface area contributed by atoms with Crippen LogP contribution in [0, 0.1) is 0 Å². The highest BCUT2D eigenvalue weighted by atomic mass is 35.5. The molecule has 112 valence electrons. The van der Waals surface area contributed by atoms with Crippen LogP contribution in [0.4, 0.5) is 0 Å². The highest BCUT2D eigenvalue weighted by Gasteiger charge is 2.04. The van der Waals surface area contributed by atoms with Crippen molar-refractivity contribution >= 4 is 11.6 Å². The highest BCUT2D eigenvalue weighted by Crippen LogP contribution is 2.27. The van der Waals surface area contributed by atoms with E-state index in [1.165, 1.54) is 5.56 Å². The van der Waals surface area contributed by atoms with Crippen molar-refractivity contribution in [1.82, 2.24) is 5.32 Å². The van der Waals surface area contributed by atoms with E-state index in [1.54, 1.807) is 14.2 Å². The summed E-state index contributed by atoms with van der Waals surface area (Å²) in [6, 6.07) is 14.2. The average molecular weight is 306 g/mol. The molecule has 2 rings (SSSR count). The van der Waals surface area contributed by atoms with Gasteiger partial charge in [0.25, 0.3) is 0 Å². The predicted octanol–water partition coefficient (Wildman–Crippen LogP) is 3.73. The normalized spacial score (nSPS) is 10.4. The van der Waals surface area contributed by atoms with E-state index in [-0.39, 0.29) is 0 Å². The molecule has 0 saturated carbocycles. The zero-order chi connectivity index (χ0) is 15.1. The molecule has 0 spiro atoms. The van der Waals surface area contributed by atoms with E-state index < -0.39 is 0 Å². The van der Waals surface area contributed by atoms with Crippen molar-refractivity contribution < 1.29 is 9.47 Å². The van der Waals surface area contributed by atoms with Crippen LogP contribution >= 0.6 is 11.6 Å². The summed E-state index contributed by atoms with van der Waals surface area (Å²) >= 11 is 5.84. The lowest BCUT2D eigenvalue weighted by molar-refractivity contribution is 0.354. The van der Waals surface area contributed by atoms with Crippen LogP contribution in [0.25, 0.3) is 0 Å². The molecule has 0 heterocycles. The first-order valence-corrected chi connectivity index (χ1v) is 7.35. The van der Waals surface area contributed by atoms with Crippen LogP contribution < -0.4 is 14.8 Å². The molecule has 21 heavy (non-hydrogen) atoms. The van der Waals surface area contributed by atoms with Gasteiger partial charge < -0.3 is 14.8 Å². The van der Waals surface area contributed by atoms with Crippen LogP contribution in [0.5, 0.6) is 11.5 Å². The topological polar surface area (TPSA) is 30.5 Å². The van der Waals surface area contributed by atoms with Crippen molar-refractivity contribution in [3.63, 3.8) is 0 Å². The average Bonchev–Trinajstić information content (AvgIpc) is 2.55. The zero-order valence-corrected chi connectivity index (χ0v) is 13.1. The summed E-state index contributed by atoms with van der Waals surface area (Å²) < 4.78 is 10.5. The van der Waals surface area contributed by atoms with Crippen molar-refractivity contribution in [2.45, 2.75) is 19.0 Å². The van der Waals surface area contributed by atoms with Crippen LogP contribution in [0.2, 0.25) is 0 Å². The van der Waals surface area contributed by atoms with Crippen molar-refractivity contribution in [1.29, 1.82) is 0 Å². The van der Waals surface area contributed by atoms with Crippen LogP contribution in [0.15, 0.2) is 42.5 Å². The summed E-state index contributed by atoms with van der Waals surface area (Å²) in [5.74, 6) is 2.04. The monoisotopic (exact) mass is 305 g/mol. The fraction of sp³-hybridized carbons (Fsp3) is 0.294. The molecule has 0 amide bonds. The maximum Gasteiger partial charge on any atom is 0.161 e. The smallest absolute Gasteiger partial charge is 0.161 e. The number of rotatable bonds is 7. The second-order valence-electron chi connectivity index (χ2n) is 4.75. The van der Waals surface area contributed by atoms with E-state index in [0.717, 1.165) is 35.7 Å². The van der Waals surface area contributed by atoms with Gasteiger partial charge in [0.1, 0.15) is 0 Å². The van der Waals surface area contributed by atoms with E-state index in [2.05, 4.69) is 17.4 Å². The Morgan fingerprint density at radius 3 is 2.19 bits per heavy atom. The first-order valence-electron chi connectivity index (χ1n) is 6.82. The summed E-state index contributed by atoms with van der Waals surface area (Å²) in [5, 5.41) is 3.42. The molecule has 2 aromatic carbocycles. The van der Waals surface area contributed by atoms with Gasteiger partial charge in [-0.3, -0.25) is 0 Å². The Hall–Kier alpha value is -1.71. The maximum absolute atomic E-state index is 5.84. The molecular formula is C17H20ClNO2. The van der Waals surface area contributed by atoms with Gasteiger partial charge >= 0.3 is 0 Å². The fourth-order valence-electron chi connectivity index (χ4n) is 2.16. The second-order valence-corrected chi connectivity index (χ2v) is 5.01. The predicted molar refractivity (Wildman–Crippen MR) is 86.1 cm³/mol. The van der Waals surface area contributed by atoms with E-state index in [0.29, 0.717) is 5.88 Å². The van der Waals surface area contributed by atoms with Crippen LogP contribution in [-0.4, -0.2) is 14.2 Å². The number of halogens is 1. The Morgan fingerprint density at radius 1 is 0.857 bits per heavy atom. The third-order valence-corrected chi connectivity index (χ3v) is 3.56. The minimum atomic E-state index is 0.545. The molecular weight excluding hydrogens is 286 g/mol. The number of nitrogens with one attached hydrogen (secondary N) is 1. The first kappa shape index (κ1) is 15.7. The van der Waals surface area contributed by atoms with E-state index in [1.807, 2.05) is 30.3 Å². The van der Waals surface area contributed by atoms with Gasteiger partial charge in [-0.05, 0) is 28.8 Å². The van der Waals surface area contributed by atoms with Crippen LogP contribution in [-0.2, 0) is 19.0 Å². The van der Waals surface area contributed by atoms with Gasteiger partial charge in [-0.1, -0.05) is 30.3 Å². The number of methoxy groups -OCH3 is 2. The van der Waals surface area contributed by atoms with Gasteiger partial charge in [0.05, 0.1) is 14.2 Å². The Balaban J connectivity index is 1.93. The molecule has 0 atom stereocenters. The zero-order valence-electron chi connectivity index (χ0n) is 12.4. The number of ether oxygens (including phenoxy) is 2. The van der Waals surface area contributed by atoms with Gasteiger partial charge in [0, 0.05) is 19.0 Å². The third kappa shape index (κ3) is 4.38. The number of benzene rings is 2. The minimum absolute atomic E-state index is 0.545. The van der Waals surface area contributed by atoms with Gasteiger partial charge in [-0.25, -0.2) is 0 Å². The molecule has 1 N–H and O–H groups in total. The quantitative estimate of drug-likeness (QED) is 0.791. The Morgan fingerprint density at radius 2 is 1.52 bits per heavy atom. The maximum atomic E-state index is 5.84. The van der Waals surface area contributed by atoms with Crippen molar-refractivity contribution in [2.24, 2.45) is 0 Å². The molecule has 0 aliphatic heterocycles. The van der Waals surface area contributed by atoms with Crippen molar-refractivity contribution in [2.75, 3.05) is 14.2 Å². The molecule has 0 unspecified atom stereocenters. The van der Waals surface area contributed by atoms with Gasteiger partial charge in [0.15, 0.2) is 11.5 Å². The van der Waals surface area contributed by atoms with Crippen molar-refractivity contribution in [3.05, 3.63) is 59.2 Å². The molecule has 0 aliphatic carbocycles. The molecule has 0 radical (unpaired) electrons. The second kappa shape index (κ2) is 7.91. The lowest BCUT2D eigenvalue weighted by Gasteiger charge is -2.10. The fourth-order valence-corrected chi connectivity index (χ4v) is 2.33. The van der Waals surface area contributed by atoms with E-state index in [4.69, 9.17) is 21.1 Å². The largest absolute Gasteiger partial charge is 0.493 e. The van der Waals surface area contributed by atoms with E-state index in [9.17, 15) is 0 Å². The number of hydrogen-bond donors (Lipinski definition) is 1. The third-order valence-electron chi connectivity index (χ3n) is 3.25. The molecule has 3 nitrogen and oxygen atoms in total. The molecule has 0 saturated heterocycles. The first-order chi connectivity index (χ1) is 10.3. The summed E-state index contributed by atoms with van der Waals surface area (Å²) in [6.07, 6.45) is 0. The summed E-state index contributed by atoms with van der Waals surface area (Å²) in [4.78, 5) is 0. The summed E-state index contributed by atoms with van der Waals surface area (Å²) in [6.45, 7) is 1.57. The molecule has 0 aromatic heterocycles. The molecule has 0 aliphatic rings. The number of alkyl halides is 1. The summed E-state index contributed by atoms with van der Waals surface area (Å²) in [7, 11) is 3.28. The minimum Gasteiger partial charge on any atom is -0.493 e. The highest BCUT2D eigenvalue weighted by molar-refractivity contribution is 6.17. The Bertz CT molecular complexity index is 587.